The highest BCUT2D eigenvalue weighted by atomic mass is 16.7. The van der Waals surface area contributed by atoms with Gasteiger partial charge < -0.3 is 30.5 Å². The Morgan fingerprint density at radius 2 is 1.83 bits per heavy atom. The molecule has 0 aromatic carbocycles. The van der Waals surface area contributed by atoms with Crippen LogP contribution in [0, 0.1) is 29.6 Å². The average molecular weight is 648 g/mol. The van der Waals surface area contributed by atoms with Crippen LogP contribution in [0.4, 0.5) is 0 Å². The fourth-order valence-corrected chi connectivity index (χ4v) is 9.47. The molecule has 46 heavy (non-hydrogen) atoms. The smallest absolute Gasteiger partial charge is 0.350 e. The summed E-state index contributed by atoms with van der Waals surface area (Å²) < 4.78 is 12.3. The third kappa shape index (κ3) is 7.03. The molecule has 0 bridgehead atoms. The number of rotatable bonds is 15. The van der Waals surface area contributed by atoms with E-state index in [0.717, 1.165) is 88.7 Å². The predicted octanol–water partition coefficient (Wildman–Crippen LogP) is 0.293. The van der Waals surface area contributed by atoms with Crippen LogP contribution in [0.1, 0.15) is 104 Å². The first-order valence-electron chi connectivity index (χ1n) is 18.7. The van der Waals surface area contributed by atoms with E-state index in [-0.39, 0.29) is 37.1 Å². The molecule has 2 aliphatic heterocycles. The van der Waals surface area contributed by atoms with E-state index < -0.39 is 29.0 Å². The van der Waals surface area contributed by atoms with Gasteiger partial charge in [-0.05, 0) is 82.6 Å². The van der Waals surface area contributed by atoms with Gasteiger partial charge in [-0.1, -0.05) is 31.8 Å². The van der Waals surface area contributed by atoms with Crippen molar-refractivity contribution < 1.29 is 44.9 Å². The van der Waals surface area contributed by atoms with Crippen LogP contribution in [0.3, 0.4) is 0 Å². The van der Waals surface area contributed by atoms with Crippen LogP contribution in [-0.2, 0) is 23.9 Å². The normalized spacial score (nSPS) is 38.1. The number of hydrogen-bond acceptors (Lipinski definition) is 7. The molecule has 0 radical (unpaired) electrons. The third-order valence-corrected chi connectivity index (χ3v) is 12.4. The summed E-state index contributed by atoms with van der Waals surface area (Å²) in [6.45, 7) is 9.40. The fraction of sp³-hybridized carbons (Fsp3) is 0.861. The van der Waals surface area contributed by atoms with Gasteiger partial charge in [0.05, 0.1) is 39.4 Å². The Bertz CT molecular complexity index is 1130. The summed E-state index contributed by atoms with van der Waals surface area (Å²) in [4.78, 5) is 42.6. The Morgan fingerprint density at radius 3 is 2.52 bits per heavy atom. The van der Waals surface area contributed by atoms with Crippen LogP contribution in [-0.4, -0.2) is 86.1 Å². The lowest BCUT2D eigenvalue weighted by Crippen LogP contribution is -2.97. The molecule has 9 atom stereocenters. The molecule has 5 fully saturated rings. The predicted molar refractivity (Wildman–Crippen MR) is 173 cm³/mol. The molecule has 5 rings (SSSR count). The number of ketones is 2. The summed E-state index contributed by atoms with van der Waals surface area (Å²) in [7, 11) is 2.06. The van der Waals surface area contributed by atoms with Crippen LogP contribution in [0.2, 0.25) is 0 Å². The maximum atomic E-state index is 14.3. The average Bonchev–Trinajstić information content (AvgIpc) is 3.79. The second kappa shape index (κ2) is 15.7. The molecule has 10 nitrogen and oxygen atoms in total. The van der Waals surface area contributed by atoms with Crippen LogP contribution >= 0.6 is 0 Å². The van der Waals surface area contributed by atoms with Crippen LogP contribution < -0.4 is 21.3 Å². The number of Topliss-reactive ketones (excluding diaryl/α,β-unsaturated/α-hetero) is 2. The first kappa shape index (κ1) is 35.6. The van der Waals surface area contributed by atoms with Gasteiger partial charge in [-0.15, -0.1) is 0 Å². The van der Waals surface area contributed by atoms with Crippen molar-refractivity contribution in [2.45, 2.75) is 128 Å². The monoisotopic (exact) mass is 647 g/mol. The number of epoxide rings is 1. The number of esters is 1. The molecule has 2 saturated heterocycles. The quantitative estimate of drug-likeness (QED) is 0.0563. The minimum absolute atomic E-state index is 0.0841. The lowest BCUT2D eigenvalue weighted by atomic mass is 9.60. The van der Waals surface area contributed by atoms with Crippen molar-refractivity contribution >= 4 is 17.5 Å². The Labute approximate surface area is 275 Å². The highest BCUT2D eigenvalue weighted by Crippen LogP contribution is 2.62. The third-order valence-electron chi connectivity index (χ3n) is 12.4. The van der Waals surface area contributed by atoms with E-state index in [2.05, 4.69) is 42.2 Å². The van der Waals surface area contributed by atoms with E-state index in [1.807, 2.05) is 6.92 Å². The largest absolute Gasteiger partial charge is 0.463 e. The van der Waals surface area contributed by atoms with Gasteiger partial charge in [0.1, 0.15) is 12.8 Å². The van der Waals surface area contributed by atoms with Crippen molar-refractivity contribution in [2.75, 3.05) is 40.0 Å². The second-order valence-corrected chi connectivity index (χ2v) is 15.2. The van der Waals surface area contributed by atoms with E-state index in [1.165, 1.54) is 6.42 Å². The summed E-state index contributed by atoms with van der Waals surface area (Å²) in [6.07, 6.45) is 12.0. The fourth-order valence-electron chi connectivity index (χ4n) is 9.47. The van der Waals surface area contributed by atoms with Crippen molar-refractivity contribution in [3.8, 4) is 0 Å². The molecule has 0 amide bonds. The maximum Gasteiger partial charge on any atom is 0.350 e. The highest BCUT2D eigenvalue weighted by molar-refractivity contribution is 6.23. The topological polar surface area (TPSA) is 155 Å². The number of fused-ring (bicyclic) bond motifs is 2. The Hall–Kier alpha value is -1.69. The molecule has 0 aromatic rings. The molecule has 3 saturated carbocycles. The van der Waals surface area contributed by atoms with Gasteiger partial charge in [0.15, 0.2) is 17.2 Å². The van der Waals surface area contributed by atoms with E-state index >= 15 is 0 Å². The molecule has 4 unspecified atom stereocenters. The standard InChI is InChI=1S/C36H60N4O6/c1-5-24-13-14-30(38-6-2)26(17-24)21-45-34(44)36-33(43)29-10-8-7-9-28(29)32(42)35(36,46-36)19-27(20-41)23(3)11-12-25-15-16-39-31(18-25)40-22-37-4/h24-26,28-31,37-41H,5-22H2,1-4H3/p+3/t24-,25?,26-,28?,29?,30+,31?,35-,36-/m0/s1. The summed E-state index contributed by atoms with van der Waals surface area (Å²) >= 11 is 0. The van der Waals surface area contributed by atoms with E-state index in [1.54, 1.807) is 0 Å². The van der Waals surface area contributed by atoms with E-state index in [0.29, 0.717) is 36.9 Å². The van der Waals surface area contributed by atoms with Gasteiger partial charge in [-0.25, -0.2) is 10.1 Å². The molecule has 260 valence electrons. The number of piperidine rings is 1. The van der Waals surface area contributed by atoms with Gasteiger partial charge in [-0.3, -0.25) is 9.59 Å². The van der Waals surface area contributed by atoms with Crippen molar-refractivity contribution in [1.29, 1.82) is 0 Å². The van der Waals surface area contributed by atoms with Gasteiger partial charge in [0.2, 0.25) is 0 Å². The van der Waals surface area contributed by atoms with Crippen LogP contribution in [0.25, 0.3) is 0 Å². The van der Waals surface area contributed by atoms with Gasteiger partial charge in [0.25, 0.3) is 5.60 Å². The maximum absolute atomic E-state index is 14.3. The Balaban J connectivity index is 1.33. The molecule has 8 N–H and O–H groups in total. The van der Waals surface area contributed by atoms with E-state index in [9.17, 15) is 19.5 Å². The molecule has 0 aromatic heterocycles. The number of nitrogens with two attached hydrogens (primary N) is 3. The van der Waals surface area contributed by atoms with Crippen LogP contribution in [0.15, 0.2) is 11.1 Å². The van der Waals surface area contributed by atoms with Gasteiger partial charge in [-0.2, -0.15) is 0 Å². The van der Waals surface area contributed by atoms with Crippen LogP contribution in [0.5, 0.6) is 0 Å². The number of carbonyl (C=O) groups is 3. The lowest BCUT2D eigenvalue weighted by molar-refractivity contribution is -0.716. The highest BCUT2D eigenvalue weighted by Gasteiger charge is 2.87. The number of nitrogens with one attached hydrogen (secondary N) is 1. The molecular weight excluding hydrogens is 584 g/mol. The summed E-state index contributed by atoms with van der Waals surface area (Å²) in [5, 5.41) is 21.0. The molecule has 10 heteroatoms. The number of quaternary nitrogens is 3. The zero-order valence-corrected chi connectivity index (χ0v) is 29.0. The summed E-state index contributed by atoms with van der Waals surface area (Å²) in [5.41, 5.74) is -1.68. The zero-order chi connectivity index (χ0) is 32.9. The lowest BCUT2D eigenvalue weighted by Gasteiger charge is -2.37. The van der Waals surface area contributed by atoms with Gasteiger partial charge >= 0.3 is 5.97 Å². The number of carbonyl (C=O) groups excluding carboxylic acids is 3. The molecular formula is C36H63N4O6+3. The summed E-state index contributed by atoms with van der Waals surface area (Å²) in [5.74, 6) is -0.554. The van der Waals surface area contributed by atoms with E-state index in [4.69, 9.17) is 9.47 Å². The van der Waals surface area contributed by atoms with Gasteiger partial charge in [0, 0.05) is 30.6 Å². The molecule has 5 aliphatic rings. The number of ether oxygens (including phenoxy) is 2. The minimum atomic E-state index is -1.87. The number of allylic oxidation sites excluding steroid dienone is 1. The first-order chi connectivity index (χ1) is 22.2. The Kier molecular flexibility index (Phi) is 12.1. The number of aliphatic hydroxyl groups is 1. The Morgan fingerprint density at radius 1 is 1.07 bits per heavy atom. The first-order valence-corrected chi connectivity index (χ1v) is 18.7. The minimum Gasteiger partial charge on any atom is -0.463 e. The number of aliphatic hydroxyl groups excluding tert-OH is 1. The number of hydrogen-bond donors (Lipinski definition) is 5. The zero-order valence-electron chi connectivity index (χ0n) is 29.0. The summed E-state index contributed by atoms with van der Waals surface area (Å²) in [6, 6.07) is 0.388. The molecule has 0 spiro atoms. The second-order valence-electron chi connectivity index (χ2n) is 15.2. The SMILES string of the molecule is CC[NH2+][C@@H]1CC[C@H](CC)C[C@H]1COC(=O)[C@]12O[C@@]1(CC(CO)=C(C)CCC1CC[NH2+]C(NC[NH2+]C)C1)C(=O)C1CCCCC1C2=O. The molecule has 3 aliphatic carbocycles. The van der Waals surface area contributed by atoms with Crippen molar-refractivity contribution in [2.24, 2.45) is 29.6 Å². The van der Waals surface area contributed by atoms with Crippen molar-refractivity contribution in [3.63, 3.8) is 0 Å². The van der Waals surface area contributed by atoms with Crippen molar-refractivity contribution in [3.05, 3.63) is 11.1 Å². The van der Waals surface area contributed by atoms with Crippen molar-refractivity contribution in [1.82, 2.24) is 5.32 Å². The molecule has 2 heterocycles.